The number of nitrogens with zero attached hydrogens (tertiary/aromatic N) is 1. The van der Waals surface area contributed by atoms with Gasteiger partial charge in [-0.15, -0.1) is 0 Å². The van der Waals surface area contributed by atoms with E-state index in [9.17, 15) is 5.11 Å². The summed E-state index contributed by atoms with van der Waals surface area (Å²) in [6, 6.07) is 4.44. The van der Waals surface area contributed by atoms with E-state index in [0.29, 0.717) is 6.54 Å². The van der Waals surface area contributed by atoms with Crippen LogP contribution in [-0.2, 0) is 16.7 Å². The summed E-state index contributed by atoms with van der Waals surface area (Å²) >= 11 is 0. The van der Waals surface area contributed by atoms with E-state index < -0.39 is 6.10 Å². The van der Waals surface area contributed by atoms with Crippen molar-refractivity contribution in [2.45, 2.75) is 36.6 Å². The summed E-state index contributed by atoms with van der Waals surface area (Å²) in [5, 5.41) is 10.8. The average Bonchev–Trinajstić information content (AvgIpc) is 3.06. The van der Waals surface area contributed by atoms with Gasteiger partial charge in [-0.25, -0.2) is 0 Å². The molecule has 1 saturated heterocycles. The van der Waals surface area contributed by atoms with Gasteiger partial charge in [-0.1, -0.05) is 12.2 Å². The van der Waals surface area contributed by atoms with Gasteiger partial charge in [0.15, 0.2) is 11.5 Å². The Bertz CT molecular complexity index is 673. The van der Waals surface area contributed by atoms with E-state index in [0.717, 1.165) is 24.5 Å². The van der Waals surface area contributed by atoms with E-state index >= 15 is 0 Å². The predicted octanol–water partition coefficient (Wildman–Crippen LogP) is 1.19. The van der Waals surface area contributed by atoms with Crippen LogP contribution in [0.15, 0.2) is 24.3 Å². The Morgan fingerprint density at radius 2 is 2.14 bits per heavy atom. The first-order chi connectivity index (χ1) is 10.7. The molecule has 0 radical (unpaired) electrons. The van der Waals surface area contributed by atoms with Gasteiger partial charge in [0.05, 0.1) is 17.6 Å². The van der Waals surface area contributed by atoms with Crippen LogP contribution < -0.4 is 9.47 Å². The molecule has 116 valence electrons. The second kappa shape index (κ2) is 4.25. The van der Waals surface area contributed by atoms with Crippen LogP contribution in [0.1, 0.15) is 17.5 Å². The fourth-order valence-corrected chi connectivity index (χ4v) is 4.69. The zero-order valence-electron chi connectivity index (χ0n) is 12.5. The number of methoxy groups -OCH3 is 1. The largest absolute Gasteiger partial charge is 0.454 e. The Morgan fingerprint density at radius 3 is 2.95 bits per heavy atom. The first-order valence-corrected chi connectivity index (χ1v) is 7.79. The zero-order valence-corrected chi connectivity index (χ0v) is 12.5. The predicted molar refractivity (Wildman–Crippen MR) is 79.0 cm³/mol. The van der Waals surface area contributed by atoms with E-state index in [-0.39, 0.29) is 24.4 Å². The molecule has 4 aliphatic rings. The van der Waals surface area contributed by atoms with Crippen molar-refractivity contribution >= 4 is 0 Å². The van der Waals surface area contributed by atoms with Gasteiger partial charge in [-0.05, 0) is 29.7 Å². The summed E-state index contributed by atoms with van der Waals surface area (Å²) in [7, 11) is 1.75. The van der Waals surface area contributed by atoms with E-state index in [1.165, 1.54) is 11.1 Å². The quantitative estimate of drug-likeness (QED) is 0.790. The Balaban J connectivity index is 1.72. The molecule has 1 N–H and O–H groups in total. The highest BCUT2D eigenvalue weighted by molar-refractivity contribution is 5.56. The van der Waals surface area contributed by atoms with E-state index in [1.54, 1.807) is 7.11 Å². The first-order valence-electron chi connectivity index (χ1n) is 7.79. The monoisotopic (exact) mass is 301 g/mol. The summed E-state index contributed by atoms with van der Waals surface area (Å²) in [5.41, 5.74) is 2.08. The Labute approximate surface area is 129 Å². The molecule has 0 aromatic heterocycles. The minimum Gasteiger partial charge on any atom is -0.454 e. The van der Waals surface area contributed by atoms with Gasteiger partial charge >= 0.3 is 0 Å². The lowest BCUT2D eigenvalue weighted by Gasteiger charge is -2.46. The molecule has 0 spiro atoms. The molecule has 1 fully saturated rings. The summed E-state index contributed by atoms with van der Waals surface area (Å²) in [6.07, 6.45) is 4.91. The van der Waals surface area contributed by atoms with Crippen LogP contribution in [0.2, 0.25) is 0 Å². The number of rotatable bonds is 1. The molecule has 3 aliphatic heterocycles. The fraction of sp³-hybridized carbons (Fsp3) is 0.529. The van der Waals surface area contributed by atoms with Gasteiger partial charge in [-0.3, -0.25) is 4.90 Å². The number of aliphatic hydroxyl groups is 1. The van der Waals surface area contributed by atoms with Crippen molar-refractivity contribution in [3.63, 3.8) is 0 Å². The van der Waals surface area contributed by atoms with Gasteiger partial charge in [0.2, 0.25) is 6.79 Å². The number of aliphatic hydroxyl groups excluding tert-OH is 1. The number of ether oxygens (including phenoxy) is 3. The molecule has 5 nitrogen and oxygen atoms in total. The summed E-state index contributed by atoms with van der Waals surface area (Å²) in [4.78, 5) is 2.38. The molecular weight excluding hydrogens is 282 g/mol. The third-order valence-electron chi connectivity index (χ3n) is 5.73. The smallest absolute Gasteiger partial charge is 0.231 e. The number of hydrogen-bond acceptors (Lipinski definition) is 5. The van der Waals surface area contributed by atoms with Crippen LogP contribution in [0, 0.1) is 0 Å². The van der Waals surface area contributed by atoms with Crippen LogP contribution in [0.4, 0.5) is 0 Å². The highest BCUT2D eigenvalue weighted by Crippen LogP contribution is 2.53. The molecule has 1 aromatic rings. The van der Waals surface area contributed by atoms with Crippen molar-refractivity contribution in [1.82, 2.24) is 4.90 Å². The highest BCUT2D eigenvalue weighted by Gasteiger charge is 2.58. The van der Waals surface area contributed by atoms with Gasteiger partial charge in [-0.2, -0.15) is 0 Å². The lowest BCUT2D eigenvalue weighted by molar-refractivity contribution is 0.0660. The first kappa shape index (κ1) is 12.9. The number of benzene rings is 1. The Morgan fingerprint density at radius 1 is 1.32 bits per heavy atom. The third kappa shape index (κ3) is 1.44. The van der Waals surface area contributed by atoms with Crippen molar-refractivity contribution in [3.05, 3.63) is 35.4 Å². The maximum atomic E-state index is 10.8. The van der Waals surface area contributed by atoms with Gasteiger partial charge in [0.1, 0.15) is 0 Å². The molecular formula is C17H19NO4. The zero-order chi connectivity index (χ0) is 14.9. The van der Waals surface area contributed by atoms with Crippen molar-refractivity contribution in [3.8, 4) is 11.5 Å². The van der Waals surface area contributed by atoms with Crippen molar-refractivity contribution in [2.75, 3.05) is 20.4 Å². The van der Waals surface area contributed by atoms with Crippen LogP contribution >= 0.6 is 0 Å². The van der Waals surface area contributed by atoms with Gasteiger partial charge < -0.3 is 19.3 Å². The topological polar surface area (TPSA) is 51.2 Å². The lowest BCUT2D eigenvalue weighted by Crippen LogP contribution is -2.52. The van der Waals surface area contributed by atoms with Crippen molar-refractivity contribution in [1.29, 1.82) is 0 Å². The molecule has 2 bridgehead atoms. The molecule has 22 heavy (non-hydrogen) atoms. The second-order valence-corrected chi connectivity index (χ2v) is 6.63. The molecule has 5 atom stereocenters. The summed E-state index contributed by atoms with van der Waals surface area (Å²) < 4.78 is 16.6. The van der Waals surface area contributed by atoms with Crippen LogP contribution in [0.3, 0.4) is 0 Å². The molecule has 5 rings (SSSR count). The minimum atomic E-state index is -0.395. The minimum absolute atomic E-state index is 0.126. The number of fused-ring (bicyclic) bond motifs is 2. The van der Waals surface area contributed by atoms with Crippen molar-refractivity contribution in [2.24, 2.45) is 0 Å². The standard InChI is InChI=1S/C17H19NO4/c1-20-11-2-3-17-12-6-14-13(21-9-22-14)4-10(12)7-18(8-16(17)19)15(17)5-11/h2-4,6,11,15-16,19H,5,7-9H2,1H3/t11-,15+,16-,17-/m0/s1. The van der Waals surface area contributed by atoms with Crippen molar-refractivity contribution < 1.29 is 19.3 Å². The number of hydrogen-bond donors (Lipinski definition) is 1. The van der Waals surface area contributed by atoms with Crippen LogP contribution in [-0.4, -0.2) is 48.7 Å². The fourth-order valence-electron chi connectivity index (χ4n) is 4.69. The SMILES string of the molecule is CO[C@H]1C=C[C@@]23c4cc5c(cc4CN(C[C@@H]2O)[C@@H]3C1)OCO5. The molecule has 3 heterocycles. The normalized spacial score (nSPS) is 40.5. The van der Waals surface area contributed by atoms with E-state index in [2.05, 4.69) is 29.2 Å². The van der Waals surface area contributed by atoms with Gasteiger partial charge in [0, 0.05) is 26.2 Å². The molecule has 0 saturated carbocycles. The molecule has 5 heteroatoms. The van der Waals surface area contributed by atoms with E-state index in [4.69, 9.17) is 14.2 Å². The average molecular weight is 301 g/mol. The third-order valence-corrected chi connectivity index (χ3v) is 5.73. The molecule has 0 amide bonds. The molecule has 1 aliphatic carbocycles. The highest BCUT2D eigenvalue weighted by atomic mass is 16.7. The van der Waals surface area contributed by atoms with Crippen LogP contribution in [0.25, 0.3) is 0 Å². The Kier molecular flexibility index (Phi) is 2.50. The van der Waals surface area contributed by atoms with Gasteiger partial charge in [0.25, 0.3) is 0 Å². The Hall–Kier alpha value is -1.56. The maximum Gasteiger partial charge on any atom is 0.231 e. The van der Waals surface area contributed by atoms with Crippen LogP contribution in [0.5, 0.6) is 11.5 Å². The lowest BCUT2D eigenvalue weighted by atomic mass is 9.65. The molecule has 1 aromatic carbocycles. The molecule has 1 unspecified atom stereocenters. The maximum absolute atomic E-state index is 10.8. The van der Waals surface area contributed by atoms with E-state index in [1.807, 2.05) is 0 Å². The second-order valence-electron chi connectivity index (χ2n) is 6.63. The summed E-state index contributed by atoms with van der Waals surface area (Å²) in [5.74, 6) is 1.61. The summed E-state index contributed by atoms with van der Waals surface area (Å²) in [6.45, 7) is 1.83.